The number of aromatic nitrogens is 4. The molecule has 8 heteroatoms. The molecule has 1 aliphatic heterocycles. The molecule has 2 N–H and O–H groups in total. The van der Waals surface area contributed by atoms with E-state index in [0.717, 1.165) is 23.3 Å². The number of ketones is 1. The molecule has 0 amide bonds. The van der Waals surface area contributed by atoms with Gasteiger partial charge >= 0.3 is 0 Å². The van der Waals surface area contributed by atoms with E-state index in [9.17, 15) is 9.18 Å². The van der Waals surface area contributed by atoms with E-state index in [-0.39, 0.29) is 23.3 Å². The summed E-state index contributed by atoms with van der Waals surface area (Å²) in [6.45, 7) is 3.09. The van der Waals surface area contributed by atoms with Crippen molar-refractivity contribution in [1.82, 2.24) is 19.4 Å². The number of rotatable bonds is 6. The van der Waals surface area contributed by atoms with Crippen molar-refractivity contribution in [3.63, 3.8) is 0 Å². The molecule has 33 heavy (non-hydrogen) atoms. The monoisotopic (exact) mass is 445 g/mol. The zero-order chi connectivity index (χ0) is 22.9. The summed E-state index contributed by atoms with van der Waals surface area (Å²) in [5.41, 5.74) is 11.4. The highest BCUT2D eigenvalue weighted by atomic mass is 19.1. The third-order valence-corrected chi connectivity index (χ3v) is 6.07. The van der Waals surface area contributed by atoms with Crippen molar-refractivity contribution < 1.29 is 13.9 Å². The minimum absolute atomic E-state index is 0.0521. The molecule has 168 valence electrons. The number of fused-ring (bicyclic) bond motifs is 1. The van der Waals surface area contributed by atoms with Crippen LogP contribution in [0.15, 0.2) is 48.8 Å². The van der Waals surface area contributed by atoms with Crippen LogP contribution in [0, 0.1) is 18.7 Å². The molecule has 5 rings (SSSR count). The van der Waals surface area contributed by atoms with Crippen LogP contribution < -0.4 is 5.73 Å². The van der Waals surface area contributed by atoms with Crippen molar-refractivity contribution >= 4 is 17.2 Å². The SMILES string of the molecule is Cc1cnc2ccc(-c3nc(CCC(=O)[C@@H]4CCOC4)c(N)nc3-c3ccc(F)cc3)cn12. The van der Waals surface area contributed by atoms with E-state index >= 15 is 0 Å². The molecule has 1 aliphatic rings. The molecule has 3 aromatic heterocycles. The number of ether oxygens (including phenoxy) is 1. The van der Waals surface area contributed by atoms with Gasteiger partial charge in [0.1, 0.15) is 23.1 Å². The first-order chi connectivity index (χ1) is 16.0. The topological polar surface area (TPSA) is 95.4 Å². The van der Waals surface area contributed by atoms with Crippen molar-refractivity contribution in [1.29, 1.82) is 0 Å². The van der Waals surface area contributed by atoms with E-state index in [2.05, 4.69) is 9.97 Å². The Hall–Kier alpha value is -3.65. The number of carbonyl (C=O) groups is 1. The van der Waals surface area contributed by atoms with Crippen LogP contribution in [0.3, 0.4) is 0 Å². The molecule has 7 nitrogen and oxygen atoms in total. The number of hydrogen-bond donors (Lipinski definition) is 1. The third kappa shape index (κ3) is 4.21. The Labute approximate surface area is 190 Å². The maximum Gasteiger partial charge on any atom is 0.145 e. The lowest BCUT2D eigenvalue weighted by Crippen LogP contribution is -2.16. The summed E-state index contributed by atoms with van der Waals surface area (Å²) in [6.07, 6.45) is 5.26. The van der Waals surface area contributed by atoms with Crippen molar-refractivity contribution in [2.75, 3.05) is 18.9 Å². The van der Waals surface area contributed by atoms with Gasteiger partial charge in [-0.3, -0.25) is 4.79 Å². The largest absolute Gasteiger partial charge is 0.382 e. The van der Waals surface area contributed by atoms with E-state index in [1.165, 1.54) is 12.1 Å². The molecule has 0 bridgehead atoms. The van der Waals surface area contributed by atoms with Crippen molar-refractivity contribution in [3.8, 4) is 22.5 Å². The molecule has 1 fully saturated rings. The number of Topliss-reactive ketones (excluding diaryl/α,β-unsaturated/α-hetero) is 1. The highest BCUT2D eigenvalue weighted by molar-refractivity contribution is 5.82. The average Bonchev–Trinajstić information content (AvgIpc) is 3.49. The van der Waals surface area contributed by atoms with Crippen LogP contribution in [0.2, 0.25) is 0 Å². The molecular formula is C25H24FN5O2. The van der Waals surface area contributed by atoms with Crippen LogP contribution in [-0.4, -0.2) is 38.3 Å². The van der Waals surface area contributed by atoms with Gasteiger partial charge in [0.15, 0.2) is 0 Å². The van der Waals surface area contributed by atoms with Gasteiger partial charge in [-0.2, -0.15) is 0 Å². The predicted molar refractivity (Wildman–Crippen MR) is 123 cm³/mol. The van der Waals surface area contributed by atoms with E-state index < -0.39 is 0 Å². The van der Waals surface area contributed by atoms with E-state index in [1.807, 2.05) is 29.7 Å². The number of pyridine rings is 1. The zero-order valence-corrected chi connectivity index (χ0v) is 18.3. The second kappa shape index (κ2) is 8.71. The normalized spacial score (nSPS) is 15.9. The maximum absolute atomic E-state index is 13.5. The first kappa shape index (κ1) is 21.2. The van der Waals surface area contributed by atoms with Crippen molar-refractivity contribution in [2.24, 2.45) is 5.92 Å². The number of anilines is 1. The second-order valence-electron chi connectivity index (χ2n) is 8.33. The average molecular weight is 445 g/mol. The number of hydrogen-bond acceptors (Lipinski definition) is 6. The van der Waals surface area contributed by atoms with Crippen LogP contribution in [0.25, 0.3) is 28.2 Å². The predicted octanol–water partition coefficient (Wildman–Crippen LogP) is 4.03. The number of nitrogens with two attached hydrogens (primary N) is 1. The lowest BCUT2D eigenvalue weighted by atomic mass is 9.98. The Morgan fingerprint density at radius 2 is 1.91 bits per heavy atom. The Morgan fingerprint density at radius 1 is 1.15 bits per heavy atom. The molecule has 0 saturated carbocycles. The van der Waals surface area contributed by atoms with Gasteiger partial charge in [-0.25, -0.2) is 19.3 Å². The lowest BCUT2D eigenvalue weighted by molar-refractivity contribution is -0.122. The van der Waals surface area contributed by atoms with Gasteiger partial charge in [0, 0.05) is 54.6 Å². The molecule has 4 aromatic rings. The van der Waals surface area contributed by atoms with Gasteiger partial charge in [0.05, 0.1) is 23.7 Å². The molecule has 0 aliphatic carbocycles. The van der Waals surface area contributed by atoms with Crippen LogP contribution in [0.4, 0.5) is 10.2 Å². The van der Waals surface area contributed by atoms with Crippen molar-refractivity contribution in [3.05, 3.63) is 66.0 Å². The molecule has 1 aromatic carbocycles. The summed E-state index contributed by atoms with van der Waals surface area (Å²) in [5.74, 6) is 0.0493. The maximum atomic E-state index is 13.5. The quantitative estimate of drug-likeness (QED) is 0.482. The molecule has 0 radical (unpaired) electrons. The van der Waals surface area contributed by atoms with Gasteiger partial charge in [-0.1, -0.05) is 0 Å². The first-order valence-corrected chi connectivity index (χ1v) is 11.0. The summed E-state index contributed by atoms with van der Waals surface area (Å²) in [7, 11) is 0. The molecule has 4 heterocycles. The van der Waals surface area contributed by atoms with E-state index in [0.29, 0.717) is 48.7 Å². The standard InChI is InChI=1S/C25H24FN5O2/c1-15-12-28-22-9-4-17(13-31(15)22)24-23(16-2-5-19(26)6-3-16)30-25(27)20(29-24)7-8-21(32)18-10-11-33-14-18/h2-6,9,12-13,18H,7-8,10-11,14H2,1H3,(H2,27,30)/t18-/m1/s1. The summed E-state index contributed by atoms with van der Waals surface area (Å²) < 4.78 is 20.9. The Morgan fingerprint density at radius 3 is 2.67 bits per heavy atom. The van der Waals surface area contributed by atoms with E-state index in [1.54, 1.807) is 18.3 Å². The number of halogens is 1. The Kier molecular flexibility index (Phi) is 5.60. The second-order valence-corrected chi connectivity index (χ2v) is 8.33. The number of carbonyl (C=O) groups excluding carboxylic acids is 1. The molecule has 1 saturated heterocycles. The third-order valence-electron chi connectivity index (χ3n) is 6.07. The minimum Gasteiger partial charge on any atom is -0.382 e. The fourth-order valence-corrected chi connectivity index (χ4v) is 4.15. The number of nitrogen functional groups attached to an aromatic ring is 1. The molecule has 1 atom stereocenters. The highest BCUT2D eigenvalue weighted by Crippen LogP contribution is 2.32. The van der Waals surface area contributed by atoms with Gasteiger partial charge in [-0.15, -0.1) is 0 Å². The molecule has 0 unspecified atom stereocenters. The molecular weight excluding hydrogens is 421 g/mol. The van der Waals surface area contributed by atoms with Gasteiger partial charge in [0.2, 0.25) is 0 Å². The smallest absolute Gasteiger partial charge is 0.145 e. The number of nitrogens with zero attached hydrogens (tertiary/aromatic N) is 4. The van der Waals surface area contributed by atoms with Crippen LogP contribution >= 0.6 is 0 Å². The number of imidazole rings is 1. The van der Waals surface area contributed by atoms with E-state index in [4.69, 9.17) is 15.5 Å². The van der Waals surface area contributed by atoms with Gasteiger partial charge in [-0.05, 0) is 49.7 Å². The summed E-state index contributed by atoms with van der Waals surface area (Å²) in [6, 6.07) is 9.93. The summed E-state index contributed by atoms with van der Waals surface area (Å²) in [4.78, 5) is 26.4. The van der Waals surface area contributed by atoms with Gasteiger partial charge in [0.25, 0.3) is 0 Å². The highest BCUT2D eigenvalue weighted by Gasteiger charge is 2.24. The van der Waals surface area contributed by atoms with Crippen LogP contribution in [0.5, 0.6) is 0 Å². The fraction of sp³-hybridized carbons (Fsp3) is 0.280. The first-order valence-electron chi connectivity index (χ1n) is 11.0. The lowest BCUT2D eigenvalue weighted by Gasteiger charge is -2.14. The summed E-state index contributed by atoms with van der Waals surface area (Å²) in [5, 5.41) is 0. The fourth-order valence-electron chi connectivity index (χ4n) is 4.15. The summed E-state index contributed by atoms with van der Waals surface area (Å²) >= 11 is 0. The van der Waals surface area contributed by atoms with Crippen LogP contribution in [0.1, 0.15) is 24.2 Å². The van der Waals surface area contributed by atoms with Crippen molar-refractivity contribution in [2.45, 2.75) is 26.2 Å². The number of benzene rings is 1. The zero-order valence-electron chi connectivity index (χ0n) is 18.3. The Bertz CT molecular complexity index is 1330. The Balaban J connectivity index is 1.56. The molecule has 0 spiro atoms. The van der Waals surface area contributed by atoms with Gasteiger partial charge < -0.3 is 14.9 Å². The minimum atomic E-state index is -0.331. The number of aryl methyl sites for hydroxylation is 2. The van der Waals surface area contributed by atoms with Crippen LogP contribution in [-0.2, 0) is 16.0 Å².